The van der Waals surface area contributed by atoms with Crippen LogP contribution in [0.15, 0.2) is 55.4 Å². The minimum atomic E-state index is 0.285. The van der Waals surface area contributed by atoms with Crippen molar-refractivity contribution in [2.75, 3.05) is 0 Å². The summed E-state index contributed by atoms with van der Waals surface area (Å²) < 4.78 is 0. The predicted molar refractivity (Wildman–Crippen MR) is 59.0 cm³/mol. The zero-order valence-corrected chi connectivity index (χ0v) is 7.85. The van der Waals surface area contributed by atoms with Crippen LogP contribution in [-0.2, 0) is 0 Å². The highest BCUT2D eigenvalue weighted by Gasteiger charge is 1.89. The summed E-state index contributed by atoms with van der Waals surface area (Å²) in [5.41, 5.74) is 0.775. The number of phenolic OH excluding ortho intramolecular Hbond substituents is 1. The molecule has 0 saturated carbocycles. The monoisotopic (exact) mass is 187 g/mol. The van der Waals surface area contributed by atoms with Gasteiger partial charge < -0.3 is 10.1 Å². The number of hydrogen-bond acceptors (Lipinski definition) is 1. The van der Waals surface area contributed by atoms with Crippen molar-refractivity contribution in [3.63, 3.8) is 0 Å². The molecule has 2 nitrogen and oxygen atoms in total. The van der Waals surface area contributed by atoms with E-state index in [9.17, 15) is 0 Å². The molecule has 0 aliphatic rings. The first-order chi connectivity index (χ1) is 6.84. The summed E-state index contributed by atoms with van der Waals surface area (Å²) in [6, 6.07) is 11.0. The summed E-state index contributed by atoms with van der Waals surface area (Å²) in [6.45, 7) is 3.53. The molecule has 14 heavy (non-hydrogen) atoms. The number of para-hydroxylation sites is 1. The second-order valence-electron chi connectivity index (χ2n) is 2.65. The van der Waals surface area contributed by atoms with Crippen LogP contribution >= 0.6 is 0 Å². The fourth-order valence-electron chi connectivity index (χ4n) is 0.938. The molecule has 0 spiro atoms. The molecule has 2 heteroatoms. The number of nitrogens with one attached hydrogen (secondary N) is 1. The normalized spacial score (nSPS) is 8.57. The maximum atomic E-state index is 9.04. The van der Waals surface area contributed by atoms with E-state index >= 15 is 0 Å². The lowest BCUT2D eigenvalue weighted by Gasteiger charge is -1.93. The Kier molecular flexibility index (Phi) is 4.08. The van der Waals surface area contributed by atoms with E-state index in [-0.39, 0.29) is 5.75 Å². The molecule has 1 aromatic heterocycles. The molecule has 2 N–H and O–H groups in total. The van der Waals surface area contributed by atoms with Crippen molar-refractivity contribution in [1.29, 1.82) is 0 Å². The molecule has 1 heterocycles. The first-order valence-electron chi connectivity index (χ1n) is 4.33. The van der Waals surface area contributed by atoms with Gasteiger partial charge in [-0.15, -0.1) is 0 Å². The third-order valence-electron chi connectivity index (χ3n) is 1.65. The summed E-state index contributed by atoms with van der Waals surface area (Å²) in [5, 5.41) is 9.04. The Morgan fingerprint density at radius 2 is 1.71 bits per heavy atom. The topological polar surface area (TPSA) is 36.0 Å². The highest BCUT2D eigenvalue weighted by Crippen LogP contribution is 2.15. The number of aromatic amines is 1. The van der Waals surface area contributed by atoms with Gasteiger partial charge in [-0.2, -0.15) is 0 Å². The number of rotatable bonds is 1. The van der Waals surface area contributed by atoms with Crippen LogP contribution in [0.3, 0.4) is 0 Å². The fraction of sp³-hybridized carbons (Fsp3) is 0. The predicted octanol–water partition coefficient (Wildman–Crippen LogP) is 3.05. The smallest absolute Gasteiger partial charge is 0.122 e. The van der Waals surface area contributed by atoms with Gasteiger partial charge in [-0.1, -0.05) is 30.9 Å². The minimum absolute atomic E-state index is 0.285. The highest BCUT2D eigenvalue weighted by molar-refractivity contribution is 5.54. The van der Waals surface area contributed by atoms with Crippen LogP contribution in [0.1, 0.15) is 5.56 Å². The summed E-state index contributed by atoms with van der Waals surface area (Å²) in [7, 11) is 0. The lowest BCUT2D eigenvalue weighted by Crippen LogP contribution is -1.69. The van der Waals surface area contributed by atoms with Crippen molar-refractivity contribution >= 4 is 6.08 Å². The molecular weight excluding hydrogens is 174 g/mol. The largest absolute Gasteiger partial charge is 0.507 e. The van der Waals surface area contributed by atoms with Gasteiger partial charge in [-0.05, 0) is 18.2 Å². The minimum Gasteiger partial charge on any atom is -0.507 e. The molecule has 0 fully saturated rings. The fourth-order valence-corrected chi connectivity index (χ4v) is 0.938. The van der Waals surface area contributed by atoms with Crippen LogP contribution in [0, 0.1) is 0 Å². The molecule has 0 aliphatic heterocycles. The van der Waals surface area contributed by atoms with Gasteiger partial charge in [0.25, 0.3) is 0 Å². The molecule has 0 amide bonds. The van der Waals surface area contributed by atoms with Gasteiger partial charge in [0.05, 0.1) is 0 Å². The molecule has 1 aromatic carbocycles. The van der Waals surface area contributed by atoms with Gasteiger partial charge in [0, 0.05) is 18.0 Å². The molecular formula is C12H13NO. The Hall–Kier alpha value is -1.96. The van der Waals surface area contributed by atoms with E-state index < -0.39 is 0 Å². The van der Waals surface area contributed by atoms with Crippen LogP contribution in [0.4, 0.5) is 0 Å². The summed E-state index contributed by atoms with van der Waals surface area (Å²) in [6.07, 6.45) is 5.37. The molecule has 2 aromatic rings. The second-order valence-corrected chi connectivity index (χ2v) is 2.65. The average molecular weight is 187 g/mol. The highest BCUT2D eigenvalue weighted by atomic mass is 16.3. The third-order valence-corrected chi connectivity index (χ3v) is 1.65. The Morgan fingerprint density at radius 1 is 1.07 bits per heavy atom. The first kappa shape index (κ1) is 10.1. The molecule has 0 atom stereocenters. The van der Waals surface area contributed by atoms with Crippen molar-refractivity contribution in [2.24, 2.45) is 0 Å². The zero-order valence-electron chi connectivity index (χ0n) is 7.85. The number of aromatic nitrogens is 1. The molecule has 0 saturated heterocycles. The van der Waals surface area contributed by atoms with Crippen molar-refractivity contribution < 1.29 is 5.11 Å². The van der Waals surface area contributed by atoms with Gasteiger partial charge in [-0.3, -0.25) is 0 Å². The van der Waals surface area contributed by atoms with Crippen LogP contribution in [0.2, 0.25) is 0 Å². The summed E-state index contributed by atoms with van der Waals surface area (Å²) >= 11 is 0. The van der Waals surface area contributed by atoms with Gasteiger partial charge in [0.1, 0.15) is 5.75 Å². The molecule has 0 bridgehead atoms. The van der Waals surface area contributed by atoms with E-state index in [1.807, 2.05) is 36.7 Å². The van der Waals surface area contributed by atoms with Gasteiger partial charge >= 0.3 is 0 Å². The lowest BCUT2D eigenvalue weighted by atomic mass is 10.2. The molecule has 0 radical (unpaired) electrons. The summed E-state index contributed by atoms with van der Waals surface area (Å²) in [4.78, 5) is 2.86. The van der Waals surface area contributed by atoms with E-state index in [4.69, 9.17) is 5.11 Å². The first-order valence-corrected chi connectivity index (χ1v) is 4.33. The number of H-pyrrole nitrogens is 1. The zero-order chi connectivity index (χ0) is 10.2. The Morgan fingerprint density at radius 3 is 2.07 bits per heavy atom. The Balaban J connectivity index is 0.000000165. The van der Waals surface area contributed by atoms with Gasteiger partial charge in [0.15, 0.2) is 0 Å². The van der Waals surface area contributed by atoms with E-state index in [0.717, 1.165) is 5.56 Å². The molecule has 0 unspecified atom stereocenters. The number of hydrogen-bond donors (Lipinski definition) is 2. The van der Waals surface area contributed by atoms with Gasteiger partial charge in [-0.25, -0.2) is 0 Å². The van der Waals surface area contributed by atoms with Crippen molar-refractivity contribution in [3.8, 4) is 5.75 Å². The number of phenols is 1. The van der Waals surface area contributed by atoms with Gasteiger partial charge in [0.2, 0.25) is 0 Å². The third kappa shape index (κ3) is 3.19. The van der Waals surface area contributed by atoms with E-state index in [1.54, 1.807) is 18.2 Å². The van der Waals surface area contributed by atoms with E-state index in [2.05, 4.69) is 11.6 Å². The summed E-state index contributed by atoms with van der Waals surface area (Å²) in [5.74, 6) is 0.285. The number of benzene rings is 1. The van der Waals surface area contributed by atoms with Crippen LogP contribution < -0.4 is 0 Å². The molecule has 72 valence electrons. The Labute approximate surface area is 83.5 Å². The van der Waals surface area contributed by atoms with E-state index in [1.165, 1.54) is 0 Å². The van der Waals surface area contributed by atoms with Crippen molar-refractivity contribution in [3.05, 3.63) is 60.9 Å². The van der Waals surface area contributed by atoms with Crippen LogP contribution in [0.25, 0.3) is 6.08 Å². The van der Waals surface area contributed by atoms with Crippen molar-refractivity contribution in [2.45, 2.75) is 0 Å². The quantitative estimate of drug-likeness (QED) is 0.707. The standard InChI is InChI=1S/C8H8O.C4H5N/c1-2-7-5-3-4-6-8(7)9;1-2-4-5-3-1/h2-6,9H,1H2;1-5H. The van der Waals surface area contributed by atoms with Crippen LogP contribution in [-0.4, -0.2) is 10.1 Å². The lowest BCUT2D eigenvalue weighted by molar-refractivity contribution is 0.474. The maximum absolute atomic E-state index is 9.04. The maximum Gasteiger partial charge on any atom is 0.122 e. The van der Waals surface area contributed by atoms with Crippen LogP contribution in [0.5, 0.6) is 5.75 Å². The second kappa shape index (κ2) is 5.65. The molecule has 2 rings (SSSR count). The van der Waals surface area contributed by atoms with Crippen molar-refractivity contribution in [1.82, 2.24) is 4.98 Å². The van der Waals surface area contributed by atoms with E-state index in [0.29, 0.717) is 0 Å². The average Bonchev–Trinajstić information content (AvgIpc) is 2.76. The SMILES string of the molecule is C=Cc1ccccc1O.c1cc[nH]c1. The number of aromatic hydroxyl groups is 1. The Bertz CT molecular complexity index is 348. The molecule has 0 aliphatic carbocycles.